The van der Waals surface area contributed by atoms with Crippen LogP contribution in [0.1, 0.15) is 11.1 Å². The number of nitrogens with zero attached hydrogens (tertiary/aromatic N) is 2. The summed E-state index contributed by atoms with van der Waals surface area (Å²) in [4.78, 5) is 1.68. The number of rotatable bonds is 9. The zero-order chi connectivity index (χ0) is 25.6. The Bertz CT molecular complexity index is 1250. The lowest BCUT2D eigenvalue weighted by atomic mass is 10.2. The van der Waals surface area contributed by atoms with Crippen molar-refractivity contribution in [2.75, 3.05) is 39.4 Å². The van der Waals surface area contributed by atoms with Crippen LogP contribution in [0.4, 0.5) is 13.2 Å². The van der Waals surface area contributed by atoms with Crippen molar-refractivity contribution in [2.45, 2.75) is 17.6 Å². The molecule has 0 atom stereocenters. The Morgan fingerprint density at radius 2 is 1.58 bits per heavy atom. The van der Waals surface area contributed by atoms with Gasteiger partial charge in [0.2, 0.25) is 10.0 Å². The summed E-state index contributed by atoms with van der Waals surface area (Å²) < 4.78 is 79.4. The number of ether oxygens (including phenoxy) is 2. The topological polar surface area (TPSA) is 59.1 Å². The second-order valence-electron chi connectivity index (χ2n) is 8.38. The fraction of sp³-hybridized carbons (Fsp3) is 0.308. The van der Waals surface area contributed by atoms with E-state index in [4.69, 9.17) is 9.47 Å². The second kappa shape index (κ2) is 11.4. The maximum atomic E-state index is 13.5. The third-order valence-electron chi connectivity index (χ3n) is 5.80. The first-order valence-corrected chi connectivity index (χ1v) is 13.0. The van der Waals surface area contributed by atoms with Crippen molar-refractivity contribution in [3.05, 3.63) is 90.0 Å². The van der Waals surface area contributed by atoms with Crippen molar-refractivity contribution in [1.82, 2.24) is 9.21 Å². The van der Waals surface area contributed by atoms with E-state index in [-0.39, 0.29) is 13.1 Å². The van der Waals surface area contributed by atoms with Crippen molar-refractivity contribution in [1.29, 1.82) is 0 Å². The number of para-hydroxylation sites is 1. The SMILES string of the molecule is O=S(=O)(c1cccc(C(F)(F)F)c1)N(CCN1CCOCC1)Cc1cccc(Oc2ccccc2)c1. The van der Waals surface area contributed by atoms with Gasteiger partial charge in [0.05, 0.1) is 23.7 Å². The third kappa shape index (κ3) is 6.85. The van der Waals surface area contributed by atoms with E-state index in [9.17, 15) is 21.6 Å². The molecule has 0 aliphatic carbocycles. The molecule has 4 rings (SSSR count). The third-order valence-corrected chi connectivity index (χ3v) is 7.65. The minimum Gasteiger partial charge on any atom is -0.457 e. The van der Waals surface area contributed by atoms with Gasteiger partial charge in [-0.25, -0.2) is 8.42 Å². The van der Waals surface area contributed by atoms with E-state index in [0.717, 1.165) is 12.1 Å². The molecule has 1 heterocycles. The fourth-order valence-corrected chi connectivity index (χ4v) is 5.35. The van der Waals surface area contributed by atoms with E-state index < -0.39 is 26.7 Å². The van der Waals surface area contributed by atoms with Crippen LogP contribution in [0.5, 0.6) is 11.5 Å². The number of sulfonamides is 1. The summed E-state index contributed by atoms with van der Waals surface area (Å²) in [6, 6.07) is 20.0. The van der Waals surface area contributed by atoms with Crippen LogP contribution in [0, 0.1) is 0 Å². The summed E-state index contributed by atoms with van der Waals surface area (Å²) in [5.41, 5.74) is -0.351. The summed E-state index contributed by atoms with van der Waals surface area (Å²) >= 11 is 0. The van der Waals surface area contributed by atoms with Crippen LogP contribution in [-0.4, -0.2) is 57.0 Å². The molecule has 10 heteroatoms. The molecule has 0 aromatic heterocycles. The maximum absolute atomic E-state index is 13.5. The number of benzene rings is 3. The molecular weight excluding hydrogens is 493 g/mol. The molecule has 1 aliphatic heterocycles. The van der Waals surface area contributed by atoms with Gasteiger partial charge in [-0.2, -0.15) is 17.5 Å². The largest absolute Gasteiger partial charge is 0.457 e. The second-order valence-corrected chi connectivity index (χ2v) is 10.3. The Balaban J connectivity index is 1.59. The summed E-state index contributed by atoms with van der Waals surface area (Å²) in [5.74, 6) is 1.17. The van der Waals surface area contributed by atoms with Gasteiger partial charge in [0.25, 0.3) is 0 Å². The van der Waals surface area contributed by atoms with Gasteiger partial charge < -0.3 is 9.47 Å². The van der Waals surface area contributed by atoms with E-state index in [2.05, 4.69) is 4.90 Å². The molecule has 192 valence electrons. The first-order chi connectivity index (χ1) is 17.2. The summed E-state index contributed by atoms with van der Waals surface area (Å²) in [5, 5.41) is 0. The molecule has 0 saturated carbocycles. The number of halogens is 3. The Labute approximate surface area is 208 Å². The van der Waals surface area contributed by atoms with Gasteiger partial charge in [-0.15, -0.1) is 0 Å². The molecule has 1 saturated heterocycles. The first kappa shape index (κ1) is 26.2. The van der Waals surface area contributed by atoms with Gasteiger partial charge in [0.1, 0.15) is 11.5 Å². The smallest absolute Gasteiger partial charge is 0.416 e. The first-order valence-electron chi connectivity index (χ1n) is 11.5. The highest BCUT2D eigenvalue weighted by atomic mass is 32.2. The van der Waals surface area contributed by atoms with Crippen LogP contribution in [0.15, 0.2) is 83.8 Å². The number of morpholine rings is 1. The zero-order valence-corrected chi connectivity index (χ0v) is 20.3. The van der Waals surface area contributed by atoms with Crippen molar-refractivity contribution in [2.24, 2.45) is 0 Å². The molecule has 1 aliphatic rings. The molecular formula is C26H27F3N2O4S. The number of hydrogen-bond acceptors (Lipinski definition) is 5. The van der Waals surface area contributed by atoms with Crippen molar-refractivity contribution in [3.8, 4) is 11.5 Å². The Kier molecular flexibility index (Phi) is 8.30. The molecule has 0 unspecified atom stereocenters. The predicted molar refractivity (Wildman–Crippen MR) is 129 cm³/mol. The van der Waals surface area contributed by atoms with Gasteiger partial charge in [-0.3, -0.25) is 4.90 Å². The van der Waals surface area contributed by atoms with Crippen LogP contribution in [0.3, 0.4) is 0 Å². The van der Waals surface area contributed by atoms with Crippen LogP contribution in [0.25, 0.3) is 0 Å². The average molecular weight is 521 g/mol. The lowest BCUT2D eigenvalue weighted by molar-refractivity contribution is -0.137. The van der Waals surface area contributed by atoms with E-state index in [1.165, 1.54) is 10.4 Å². The highest BCUT2D eigenvalue weighted by Gasteiger charge is 2.33. The van der Waals surface area contributed by atoms with Crippen molar-refractivity contribution in [3.63, 3.8) is 0 Å². The standard InChI is InChI=1S/C26H27F3N2O4S/c27-26(28,29)22-7-5-11-25(19-22)36(32,33)31(13-12-30-14-16-34-17-15-30)20-21-6-4-10-24(18-21)35-23-8-2-1-3-9-23/h1-11,18-19H,12-17,20H2. The Hall–Kier alpha value is -2.92. The molecule has 6 nitrogen and oxygen atoms in total. The highest BCUT2D eigenvalue weighted by molar-refractivity contribution is 7.89. The van der Waals surface area contributed by atoms with Gasteiger partial charge in [-0.05, 0) is 48.0 Å². The minimum atomic E-state index is -4.65. The van der Waals surface area contributed by atoms with Crippen molar-refractivity contribution >= 4 is 10.0 Å². The van der Waals surface area contributed by atoms with Crippen LogP contribution >= 0.6 is 0 Å². The Morgan fingerprint density at radius 3 is 2.31 bits per heavy atom. The summed E-state index contributed by atoms with van der Waals surface area (Å²) in [6.45, 7) is 2.97. The number of alkyl halides is 3. The molecule has 0 N–H and O–H groups in total. The molecule has 3 aromatic carbocycles. The van der Waals surface area contributed by atoms with E-state index in [1.54, 1.807) is 36.4 Å². The fourth-order valence-electron chi connectivity index (χ4n) is 3.88. The summed E-state index contributed by atoms with van der Waals surface area (Å²) in [7, 11) is -4.22. The van der Waals surface area contributed by atoms with Crippen LogP contribution in [0.2, 0.25) is 0 Å². The quantitative estimate of drug-likeness (QED) is 0.397. The zero-order valence-electron chi connectivity index (χ0n) is 19.5. The lowest BCUT2D eigenvalue weighted by Gasteiger charge is -2.30. The van der Waals surface area contributed by atoms with Crippen LogP contribution < -0.4 is 4.74 Å². The van der Waals surface area contributed by atoms with Gasteiger partial charge in [-0.1, -0.05) is 36.4 Å². The average Bonchev–Trinajstić information content (AvgIpc) is 2.87. The van der Waals surface area contributed by atoms with E-state index in [0.29, 0.717) is 56.0 Å². The highest BCUT2D eigenvalue weighted by Crippen LogP contribution is 2.31. The molecule has 36 heavy (non-hydrogen) atoms. The van der Waals surface area contributed by atoms with Crippen LogP contribution in [-0.2, 0) is 27.5 Å². The number of hydrogen-bond donors (Lipinski definition) is 0. The maximum Gasteiger partial charge on any atom is 0.416 e. The van der Waals surface area contributed by atoms with Crippen molar-refractivity contribution < 1.29 is 31.1 Å². The molecule has 3 aromatic rings. The van der Waals surface area contributed by atoms with Gasteiger partial charge in [0.15, 0.2) is 0 Å². The predicted octanol–water partition coefficient (Wildman–Crippen LogP) is 5.02. The van der Waals surface area contributed by atoms with E-state index in [1.807, 2.05) is 18.2 Å². The molecule has 1 fully saturated rings. The van der Waals surface area contributed by atoms with Gasteiger partial charge >= 0.3 is 6.18 Å². The monoisotopic (exact) mass is 520 g/mol. The Morgan fingerprint density at radius 1 is 0.889 bits per heavy atom. The van der Waals surface area contributed by atoms with E-state index >= 15 is 0 Å². The van der Waals surface area contributed by atoms with Gasteiger partial charge in [0, 0.05) is 32.7 Å². The summed E-state index contributed by atoms with van der Waals surface area (Å²) in [6.07, 6.45) is -4.65. The molecule has 0 spiro atoms. The minimum absolute atomic E-state index is 0.0189. The molecule has 0 amide bonds. The normalized spacial score (nSPS) is 15.2. The molecule has 0 radical (unpaired) electrons. The molecule has 0 bridgehead atoms. The lowest BCUT2D eigenvalue weighted by Crippen LogP contribution is -2.42.